The van der Waals surface area contributed by atoms with Crippen LogP contribution in [0, 0.1) is 11.8 Å². The monoisotopic (exact) mass is 303 g/mol. The van der Waals surface area contributed by atoms with E-state index in [9.17, 15) is 9.59 Å². The number of amides is 1. The van der Waals surface area contributed by atoms with E-state index in [1.54, 1.807) is 0 Å². The summed E-state index contributed by atoms with van der Waals surface area (Å²) in [4.78, 5) is 23.4. The molecule has 1 aliphatic carbocycles. The predicted molar refractivity (Wildman–Crippen MR) is 80.5 cm³/mol. The van der Waals surface area contributed by atoms with Crippen LogP contribution in [0.3, 0.4) is 0 Å². The highest BCUT2D eigenvalue weighted by Crippen LogP contribution is 2.33. The van der Waals surface area contributed by atoms with Crippen LogP contribution in [0.4, 0.5) is 0 Å². The number of carbonyl (C=O) groups excluding carboxylic acids is 1. The molecule has 0 radical (unpaired) electrons. The summed E-state index contributed by atoms with van der Waals surface area (Å²) < 4.78 is 5.60. The second-order valence-electron chi connectivity index (χ2n) is 6.12. The van der Waals surface area contributed by atoms with Gasteiger partial charge in [-0.05, 0) is 31.7 Å². The van der Waals surface area contributed by atoms with Crippen LogP contribution in [0.1, 0.15) is 43.7 Å². The van der Waals surface area contributed by atoms with Crippen molar-refractivity contribution >= 4 is 11.9 Å². The summed E-state index contributed by atoms with van der Waals surface area (Å²) >= 11 is 0. The van der Waals surface area contributed by atoms with Gasteiger partial charge in [-0.3, -0.25) is 9.59 Å². The molecule has 1 aliphatic heterocycles. The van der Waals surface area contributed by atoms with Gasteiger partial charge in [-0.1, -0.05) is 18.2 Å². The minimum Gasteiger partial charge on any atom is -0.493 e. The molecule has 5 heteroatoms. The second-order valence-corrected chi connectivity index (χ2v) is 6.12. The third kappa shape index (κ3) is 3.08. The average molecular weight is 303 g/mol. The molecule has 22 heavy (non-hydrogen) atoms. The van der Waals surface area contributed by atoms with Gasteiger partial charge in [0.05, 0.1) is 18.6 Å². The lowest BCUT2D eigenvalue weighted by Crippen LogP contribution is -2.38. The van der Waals surface area contributed by atoms with Crippen molar-refractivity contribution in [2.45, 2.75) is 38.1 Å². The SMILES string of the molecule is O=C(O)C1CCC(C(=O)NC2CCOc3ccccc32)CC1. The van der Waals surface area contributed by atoms with Crippen LogP contribution in [0.25, 0.3) is 0 Å². The number of benzene rings is 1. The minimum atomic E-state index is -0.739. The number of carboxylic acid groups (broad SMARTS) is 1. The first-order valence-corrected chi connectivity index (χ1v) is 7.90. The first-order valence-electron chi connectivity index (χ1n) is 7.90. The Hall–Kier alpha value is -2.04. The van der Waals surface area contributed by atoms with Gasteiger partial charge in [-0.2, -0.15) is 0 Å². The van der Waals surface area contributed by atoms with Crippen molar-refractivity contribution in [2.24, 2.45) is 11.8 Å². The van der Waals surface area contributed by atoms with Gasteiger partial charge in [-0.25, -0.2) is 0 Å². The molecule has 1 heterocycles. The maximum absolute atomic E-state index is 12.5. The normalized spacial score (nSPS) is 27.4. The largest absolute Gasteiger partial charge is 0.493 e. The van der Waals surface area contributed by atoms with Crippen molar-refractivity contribution in [2.75, 3.05) is 6.61 Å². The lowest BCUT2D eigenvalue weighted by atomic mass is 9.81. The highest BCUT2D eigenvalue weighted by Gasteiger charge is 2.31. The standard InChI is InChI=1S/C17H21NO4/c19-16(11-5-7-12(8-6-11)17(20)21)18-14-9-10-22-15-4-2-1-3-13(14)15/h1-4,11-12,14H,5-10H2,(H,18,19)(H,20,21). The Morgan fingerprint density at radius 3 is 2.45 bits per heavy atom. The molecule has 1 atom stereocenters. The number of ether oxygens (including phenoxy) is 1. The van der Waals surface area contributed by atoms with E-state index in [1.807, 2.05) is 24.3 Å². The maximum Gasteiger partial charge on any atom is 0.306 e. The minimum absolute atomic E-state index is 0.00496. The fraction of sp³-hybridized carbons (Fsp3) is 0.529. The third-order valence-electron chi connectivity index (χ3n) is 4.72. The van der Waals surface area contributed by atoms with Gasteiger partial charge in [-0.15, -0.1) is 0 Å². The maximum atomic E-state index is 12.5. The van der Waals surface area contributed by atoms with Crippen molar-refractivity contribution < 1.29 is 19.4 Å². The molecule has 1 amide bonds. The van der Waals surface area contributed by atoms with Crippen LogP contribution in [0.5, 0.6) is 5.75 Å². The Morgan fingerprint density at radius 2 is 1.73 bits per heavy atom. The van der Waals surface area contributed by atoms with Gasteiger partial charge in [0.2, 0.25) is 5.91 Å². The zero-order valence-electron chi connectivity index (χ0n) is 12.5. The number of para-hydroxylation sites is 1. The average Bonchev–Trinajstić information content (AvgIpc) is 2.55. The van der Waals surface area contributed by atoms with Crippen LogP contribution in [-0.4, -0.2) is 23.6 Å². The van der Waals surface area contributed by atoms with Crippen molar-refractivity contribution in [3.8, 4) is 5.75 Å². The van der Waals surface area contributed by atoms with Gasteiger partial charge in [0, 0.05) is 17.9 Å². The number of hydrogen-bond donors (Lipinski definition) is 2. The van der Waals surface area contributed by atoms with Crippen molar-refractivity contribution in [3.63, 3.8) is 0 Å². The molecule has 1 saturated carbocycles. The molecule has 1 aromatic rings. The molecule has 2 N–H and O–H groups in total. The molecule has 5 nitrogen and oxygen atoms in total. The highest BCUT2D eigenvalue weighted by atomic mass is 16.5. The van der Waals surface area contributed by atoms with E-state index in [4.69, 9.17) is 9.84 Å². The molecule has 0 aromatic heterocycles. The first kappa shape index (κ1) is 14.9. The smallest absolute Gasteiger partial charge is 0.306 e. The summed E-state index contributed by atoms with van der Waals surface area (Å²) in [5.41, 5.74) is 1.03. The topological polar surface area (TPSA) is 75.6 Å². The molecule has 118 valence electrons. The molecule has 3 rings (SSSR count). The highest BCUT2D eigenvalue weighted by molar-refractivity contribution is 5.80. The molecule has 1 unspecified atom stereocenters. The zero-order valence-corrected chi connectivity index (χ0v) is 12.5. The van der Waals surface area contributed by atoms with Crippen LogP contribution in [0.15, 0.2) is 24.3 Å². The summed E-state index contributed by atoms with van der Waals surface area (Å²) in [6, 6.07) is 7.78. The summed E-state index contributed by atoms with van der Waals surface area (Å²) in [5.74, 6) is -0.199. The van der Waals surface area contributed by atoms with Crippen LogP contribution >= 0.6 is 0 Å². The van der Waals surface area contributed by atoms with E-state index in [2.05, 4.69) is 5.32 Å². The Morgan fingerprint density at radius 1 is 1.05 bits per heavy atom. The fourth-order valence-electron chi connectivity index (χ4n) is 3.38. The zero-order chi connectivity index (χ0) is 15.5. The van der Waals surface area contributed by atoms with Crippen LogP contribution in [-0.2, 0) is 9.59 Å². The molecule has 0 spiro atoms. The second kappa shape index (κ2) is 6.38. The van der Waals surface area contributed by atoms with Gasteiger partial charge >= 0.3 is 5.97 Å². The molecular weight excluding hydrogens is 282 g/mol. The van der Waals surface area contributed by atoms with Crippen molar-refractivity contribution in [1.29, 1.82) is 0 Å². The first-order chi connectivity index (χ1) is 10.6. The molecule has 0 saturated heterocycles. The Balaban J connectivity index is 1.60. The third-order valence-corrected chi connectivity index (χ3v) is 4.72. The number of aliphatic carboxylic acids is 1. The van der Waals surface area contributed by atoms with E-state index < -0.39 is 5.97 Å². The van der Waals surface area contributed by atoms with E-state index >= 15 is 0 Å². The Labute approximate surface area is 129 Å². The molecular formula is C17H21NO4. The van der Waals surface area contributed by atoms with Gasteiger partial charge in [0.15, 0.2) is 0 Å². The summed E-state index contributed by atoms with van der Waals surface area (Å²) in [5, 5.41) is 12.1. The predicted octanol–water partition coefficient (Wildman–Crippen LogP) is 2.52. The van der Waals surface area contributed by atoms with E-state index in [0.717, 1.165) is 17.7 Å². The molecule has 0 bridgehead atoms. The van der Waals surface area contributed by atoms with E-state index in [0.29, 0.717) is 32.3 Å². The molecule has 1 fully saturated rings. The van der Waals surface area contributed by atoms with Gasteiger partial charge < -0.3 is 15.2 Å². The quantitative estimate of drug-likeness (QED) is 0.899. The van der Waals surface area contributed by atoms with E-state index in [-0.39, 0.29) is 23.8 Å². The molecule has 2 aliphatic rings. The van der Waals surface area contributed by atoms with Crippen molar-refractivity contribution in [3.05, 3.63) is 29.8 Å². The Kier molecular flexibility index (Phi) is 4.32. The Bertz CT molecular complexity index is 564. The number of carbonyl (C=O) groups is 2. The number of hydrogen-bond acceptors (Lipinski definition) is 3. The van der Waals surface area contributed by atoms with Crippen LogP contribution < -0.4 is 10.1 Å². The summed E-state index contributed by atoms with van der Waals surface area (Å²) in [7, 11) is 0. The number of nitrogens with one attached hydrogen (secondary N) is 1. The molecule has 1 aromatic carbocycles. The summed E-state index contributed by atoms with van der Waals surface area (Å²) in [6.07, 6.45) is 3.28. The van der Waals surface area contributed by atoms with Crippen molar-refractivity contribution in [1.82, 2.24) is 5.32 Å². The lowest BCUT2D eigenvalue weighted by molar-refractivity contribution is -0.144. The summed E-state index contributed by atoms with van der Waals surface area (Å²) in [6.45, 7) is 0.605. The number of fused-ring (bicyclic) bond motifs is 1. The lowest BCUT2D eigenvalue weighted by Gasteiger charge is -2.30. The fourth-order valence-corrected chi connectivity index (χ4v) is 3.38. The van der Waals surface area contributed by atoms with Gasteiger partial charge in [0.1, 0.15) is 5.75 Å². The number of rotatable bonds is 3. The van der Waals surface area contributed by atoms with Crippen LogP contribution in [0.2, 0.25) is 0 Å². The number of carboxylic acids is 1. The van der Waals surface area contributed by atoms with Gasteiger partial charge in [0.25, 0.3) is 0 Å². The van der Waals surface area contributed by atoms with E-state index in [1.165, 1.54) is 0 Å².